The Morgan fingerprint density at radius 1 is 1.57 bits per heavy atom. The van der Waals surface area contributed by atoms with Gasteiger partial charge >= 0.3 is 0 Å². The summed E-state index contributed by atoms with van der Waals surface area (Å²) in [5.41, 5.74) is 1.01. The van der Waals surface area contributed by atoms with E-state index in [0.717, 1.165) is 17.9 Å². The monoisotopic (exact) mass is 208 g/mol. The van der Waals surface area contributed by atoms with Crippen LogP contribution in [0.2, 0.25) is 0 Å². The summed E-state index contributed by atoms with van der Waals surface area (Å²) in [6, 6.07) is 0. The molecule has 1 aromatic rings. The minimum atomic E-state index is 0.642. The highest BCUT2D eigenvalue weighted by Gasteiger charge is 1.93. The van der Waals surface area contributed by atoms with E-state index in [1.807, 2.05) is 17.1 Å². The van der Waals surface area contributed by atoms with Crippen LogP contribution < -0.4 is 0 Å². The molecule has 0 radical (unpaired) electrons. The topological polar surface area (TPSA) is 17.8 Å². The first-order valence-electron chi connectivity index (χ1n) is 4.72. The molecule has 0 spiro atoms. The summed E-state index contributed by atoms with van der Waals surface area (Å²) in [7, 11) is 0. The molecule has 0 aliphatic carbocycles. The number of hydrogen-bond donors (Lipinski definition) is 0. The van der Waals surface area contributed by atoms with E-state index in [1.165, 1.54) is 0 Å². The smallest absolute Gasteiger partial charge is 0.0860 e. The molecule has 0 aliphatic heterocycles. The minimum Gasteiger partial charge on any atom is -0.261 e. The van der Waals surface area contributed by atoms with Crippen molar-refractivity contribution in [1.82, 2.24) is 9.78 Å². The second-order valence-electron chi connectivity index (χ2n) is 3.59. The fourth-order valence-electron chi connectivity index (χ4n) is 0.988. The van der Waals surface area contributed by atoms with E-state index in [4.69, 9.17) is 0 Å². The van der Waals surface area contributed by atoms with Crippen LogP contribution in [0.4, 0.5) is 0 Å². The van der Waals surface area contributed by atoms with Crippen LogP contribution in [0.25, 0.3) is 0 Å². The lowest BCUT2D eigenvalue weighted by atomic mass is 10.1. The maximum atomic E-state index is 4.20. The van der Waals surface area contributed by atoms with Crippen molar-refractivity contribution in [2.45, 2.75) is 26.1 Å². The molecular weight excluding hydrogens is 192 g/mol. The van der Waals surface area contributed by atoms with Gasteiger partial charge in [-0.1, -0.05) is 25.7 Å². The van der Waals surface area contributed by atoms with Crippen LogP contribution in [-0.2, 0) is 5.88 Å². The Bertz CT molecular complexity index is 331. The summed E-state index contributed by atoms with van der Waals surface area (Å²) in [6.07, 6.45) is 6.83. The Morgan fingerprint density at radius 3 is 3.00 bits per heavy atom. The van der Waals surface area contributed by atoms with Crippen LogP contribution in [0.15, 0.2) is 12.4 Å². The van der Waals surface area contributed by atoms with Gasteiger partial charge in [0.25, 0.3) is 0 Å². The first kappa shape index (κ1) is 11.2. The van der Waals surface area contributed by atoms with Gasteiger partial charge in [0.15, 0.2) is 0 Å². The molecule has 0 aliphatic rings. The molecule has 76 valence electrons. The van der Waals surface area contributed by atoms with Crippen molar-refractivity contribution in [2.75, 3.05) is 6.26 Å². The number of rotatable bonds is 3. The lowest BCUT2D eigenvalue weighted by molar-refractivity contribution is 0.676. The van der Waals surface area contributed by atoms with E-state index in [-0.39, 0.29) is 0 Å². The first-order valence-corrected chi connectivity index (χ1v) is 6.12. The van der Waals surface area contributed by atoms with Crippen molar-refractivity contribution in [3.05, 3.63) is 18.0 Å². The Kier molecular flexibility index (Phi) is 4.61. The molecule has 0 unspecified atom stereocenters. The lowest BCUT2D eigenvalue weighted by Gasteiger charge is -1.93. The predicted molar refractivity (Wildman–Crippen MR) is 62.1 cm³/mol. The van der Waals surface area contributed by atoms with Gasteiger partial charge < -0.3 is 0 Å². The number of hydrogen-bond acceptors (Lipinski definition) is 2. The number of aromatic nitrogens is 2. The second-order valence-corrected chi connectivity index (χ2v) is 4.42. The van der Waals surface area contributed by atoms with Gasteiger partial charge in [-0.2, -0.15) is 5.10 Å². The summed E-state index contributed by atoms with van der Waals surface area (Å²) in [5.74, 6) is 7.80. The van der Waals surface area contributed by atoms with Gasteiger partial charge in [0, 0.05) is 12.6 Å². The molecule has 0 saturated carbocycles. The predicted octanol–water partition coefficient (Wildman–Crippen LogP) is 2.60. The molecule has 0 fully saturated rings. The van der Waals surface area contributed by atoms with E-state index in [2.05, 4.69) is 37.0 Å². The molecule has 2 nitrogen and oxygen atoms in total. The van der Waals surface area contributed by atoms with Crippen LogP contribution >= 0.6 is 11.8 Å². The quantitative estimate of drug-likeness (QED) is 0.711. The van der Waals surface area contributed by atoms with Gasteiger partial charge in [-0.25, -0.2) is 0 Å². The van der Waals surface area contributed by atoms with Crippen molar-refractivity contribution in [2.24, 2.45) is 5.92 Å². The molecule has 14 heavy (non-hydrogen) atoms. The summed E-state index contributed by atoms with van der Waals surface area (Å²) >= 11 is 1.75. The molecule has 1 rings (SSSR count). The number of nitrogens with zero attached hydrogens (tertiary/aromatic N) is 2. The van der Waals surface area contributed by atoms with Crippen molar-refractivity contribution in [3.8, 4) is 11.8 Å². The van der Waals surface area contributed by atoms with E-state index in [1.54, 1.807) is 11.8 Å². The fraction of sp³-hybridized carbons (Fsp3) is 0.545. The molecule has 1 heterocycles. The molecule has 0 aromatic carbocycles. The van der Waals surface area contributed by atoms with Crippen molar-refractivity contribution in [1.29, 1.82) is 0 Å². The molecule has 0 bridgehead atoms. The van der Waals surface area contributed by atoms with Crippen molar-refractivity contribution in [3.63, 3.8) is 0 Å². The summed E-state index contributed by atoms with van der Waals surface area (Å²) < 4.78 is 1.91. The number of thioether (sulfide) groups is 1. The average molecular weight is 208 g/mol. The molecule has 1 aromatic heterocycles. The zero-order chi connectivity index (χ0) is 10.4. The Hall–Kier alpha value is -0.880. The van der Waals surface area contributed by atoms with Gasteiger partial charge in [0.05, 0.1) is 17.6 Å². The molecule has 0 saturated heterocycles. The molecule has 0 atom stereocenters. The maximum Gasteiger partial charge on any atom is 0.0860 e. The highest BCUT2D eigenvalue weighted by Crippen LogP contribution is 2.02. The SMILES string of the molecule is CSCn1cc(C#CCC(C)C)cn1. The summed E-state index contributed by atoms with van der Waals surface area (Å²) in [5, 5.41) is 4.20. The van der Waals surface area contributed by atoms with E-state index >= 15 is 0 Å². The fourth-order valence-corrected chi connectivity index (χ4v) is 1.39. The summed E-state index contributed by atoms with van der Waals surface area (Å²) in [4.78, 5) is 0. The van der Waals surface area contributed by atoms with Gasteiger partial charge in [0.1, 0.15) is 0 Å². The molecule has 3 heteroatoms. The zero-order valence-corrected chi connectivity index (χ0v) is 9.77. The Morgan fingerprint density at radius 2 is 2.36 bits per heavy atom. The molecule has 0 amide bonds. The van der Waals surface area contributed by atoms with Gasteiger partial charge in [-0.3, -0.25) is 4.68 Å². The van der Waals surface area contributed by atoms with Crippen molar-refractivity contribution < 1.29 is 0 Å². The van der Waals surface area contributed by atoms with Gasteiger partial charge in [0.2, 0.25) is 0 Å². The molecule has 0 N–H and O–H groups in total. The Balaban J connectivity index is 2.53. The Labute approximate surface area is 90.1 Å². The molecular formula is C11H16N2S. The normalized spacial score (nSPS) is 10.0. The van der Waals surface area contributed by atoms with Crippen LogP contribution in [-0.4, -0.2) is 16.0 Å². The third-order valence-electron chi connectivity index (χ3n) is 1.64. The van der Waals surface area contributed by atoms with Crippen LogP contribution in [0, 0.1) is 17.8 Å². The van der Waals surface area contributed by atoms with Crippen LogP contribution in [0.5, 0.6) is 0 Å². The van der Waals surface area contributed by atoms with Gasteiger partial charge in [-0.05, 0) is 12.2 Å². The third-order valence-corrected chi connectivity index (χ3v) is 2.16. The standard InChI is InChI=1S/C11H16N2S/c1-10(2)5-4-6-11-7-12-13(8-11)9-14-3/h7-8,10H,5,9H2,1-3H3. The van der Waals surface area contributed by atoms with Crippen molar-refractivity contribution >= 4 is 11.8 Å². The first-order chi connectivity index (χ1) is 6.72. The van der Waals surface area contributed by atoms with E-state index in [9.17, 15) is 0 Å². The highest BCUT2D eigenvalue weighted by molar-refractivity contribution is 7.97. The maximum absolute atomic E-state index is 4.20. The van der Waals surface area contributed by atoms with Gasteiger partial charge in [-0.15, -0.1) is 11.8 Å². The zero-order valence-electron chi connectivity index (χ0n) is 8.95. The lowest BCUT2D eigenvalue weighted by Crippen LogP contribution is -1.92. The van der Waals surface area contributed by atoms with E-state index < -0.39 is 0 Å². The third kappa shape index (κ3) is 3.89. The highest BCUT2D eigenvalue weighted by atomic mass is 32.2. The van der Waals surface area contributed by atoms with Crippen LogP contribution in [0.1, 0.15) is 25.8 Å². The van der Waals surface area contributed by atoms with E-state index in [0.29, 0.717) is 5.92 Å². The summed E-state index contributed by atoms with van der Waals surface area (Å²) in [6.45, 7) is 4.34. The average Bonchev–Trinajstić information content (AvgIpc) is 2.53. The minimum absolute atomic E-state index is 0.642. The second kappa shape index (κ2) is 5.77. The largest absolute Gasteiger partial charge is 0.261 e. The van der Waals surface area contributed by atoms with Crippen LogP contribution in [0.3, 0.4) is 0 Å².